The molecule has 1 N–H and O–H groups in total. The fourth-order valence-corrected chi connectivity index (χ4v) is 1.91. The minimum absolute atomic E-state index is 0.00806. The van der Waals surface area contributed by atoms with Crippen molar-refractivity contribution in [1.29, 1.82) is 0 Å². The summed E-state index contributed by atoms with van der Waals surface area (Å²) >= 11 is 0. The van der Waals surface area contributed by atoms with Crippen LogP contribution in [-0.4, -0.2) is 9.67 Å². The molecule has 0 saturated carbocycles. The molecule has 0 aliphatic carbocycles. The van der Waals surface area contributed by atoms with Crippen LogP contribution >= 0.6 is 0 Å². The van der Waals surface area contributed by atoms with Crippen molar-refractivity contribution >= 4 is 0 Å². The zero-order valence-corrected chi connectivity index (χ0v) is 9.92. The first kappa shape index (κ1) is 11.4. The highest BCUT2D eigenvalue weighted by molar-refractivity contribution is 5.40. The van der Waals surface area contributed by atoms with Crippen LogP contribution in [-0.2, 0) is 6.54 Å². The normalized spacial score (nSPS) is 10.5. The molecule has 2 heterocycles. The van der Waals surface area contributed by atoms with Crippen LogP contribution in [0, 0.1) is 6.92 Å². The van der Waals surface area contributed by atoms with Crippen molar-refractivity contribution in [3.63, 3.8) is 0 Å². The lowest BCUT2D eigenvalue weighted by Gasteiger charge is -2.08. The van der Waals surface area contributed by atoms with E-state index in [9.17, 15) is 9.90 Å². The second-order valence-electron chi connectivity index (χ2n) is 3.86. The smallest absolute Gasteiger partial charge is 0.274 e. The van der Waals surface area contributed by atoms with Gasteiger partial charge in [-0.05, 0) is 13.8 Å². The number of hydrogen-bond acceptors (Lipinski definition) is 2. The molecule has 0 saturated heterocycles. The summed E-state index contributed by atoms with van der Waals surface area (Å²) in [7, 11) is 0. The minimum Gasteiger partial charge on any atom is -0.490 e. The molecule has 2 rings (SSSR count). The lowest BCUT2D eigenvalue weighted by molar-refractivity contribution is -0.597. The number of rotatable bonds is 2. The Morgan fingerprint density at radius 1 is 1.29 bits per heavy atom. The number of aryl methyl sites for hydroxylation is 1. The summed E-state index contributed by atoms with van der Waals surface area (Å²) in [6.45, 7) is 4.09. The first-order chi connectivity index (χ1) is 8.15. The van der Waals surface area contributed by atoms with Gasteiger partial charge in [-0.3, -0.25) is 9.36 Å². The Balaban J connectivity index is 2.75. The SMILES string of the molecule is CCn1c(O)c(-[n+]2ccccc2)c(C)cc1=O. The molecular weight excluding hydrogens is 216 g/mol. The van der Waals surface area contributed by atoms with E-state index in [1.807, 2.05) is 44.4 Å². The first-order valence-corrected chi connectivity index (χ1v) is 5.55. The molecule has 0 spiro atoms. The van der Waals surface area contributed by atoms with E-state index < -0.39 is 0 Å². The Bertz CT molecular complexity index is 588. The Kier molecular flexibility index (Phi) is 2.95. The fraction of sp³-hybridized carbons (Fsp3) is 0.231. The second-order valence-corrected chi connectivity index (χ2v) is 3.86. The molecule has 0 amide bonds. The Morgan fingerprint density at radius 2 is 1.94 bits per heavy atom. The number of aromatic hydroxyl groups is 1. The van der Waals surface area contributed by atoms with Crippen molar-refractivity contribution in [1.82, 2.24) is 4.57 Å². The van der Waals surface area contributed by atoms with Crippen LogP contribution in [0.4, 0.5) is 0 Å². The topological polar surface area (TPSA) is 46.1 Å². The highest BCUT2D eigenvalue weighted by atomic mass is 16.3. The van der Waals surface area contributed by atoms with Crippen molar-refractivity contribution in [2.75, 3.05) is 0 Å². The molecule has 0 aliphatic rings. The van der Waals surface area contributed by atoms with Gasteiger partial charge in [0.15, 0.2) is 12.4 Å². The van der Waals surface area contributed by atoms with Gasteiger partial charge < -0.3 is 5.11 Å². The van der Waals surface area contributed by atoms with E-state index in [-0.39, 0.29) is 11.4 Å². The predicted octanol–water partition coefficient (Wildman–Crippen LogP) is 1.16. The third-order valence-corrected chi connectivity index (χ3v) is 2.74. The van der Waals surface area contributed by atoms with E-state index in [1.165, 1.54) is 4.57 Å². The van der Waals surface area contributed by atoms with Crippen LogP contribution in [0.5, 0.6) is 5.88 Å². The van der Waals surface area contributed by atoms with Gasteiger partial charge in [0.1, 0.15) is 0 Å². The van der Waals surface area contributed by atoms with Crippen molar-refractivity contribution in [2.24, 2.45) is 0 Å². The summed E-state index contributed by atoms with van der Waals surface area (Å²) in [6, 6.07) is 7.19. The van der Waals surface area contributed by atoms with Crippen LogP contribution in [0.1, 0.15) is 12.5 Å². The highest BCUT2D eigenvalue weighted by Crippen LogP contribution is 2.18. The minimum atomic E-state index is -0.178. The van der Waals surface area contributed by atoms with Crippen LogP contribution < -0.4 is 10.1 Å². The summed E-state index contributed by atoms with van der Waals surface area (Å²) in [5.74, 6) is 0.00806. The monoisotopic (exact) mass is 231 g/mol. The van der Waals surface area contributed by atoms with Crippen molar-refractivity contribution in [3.8, 4) is 11.6 Å². The average molecular weight is 231 g/mol. The van der Waals surface area contributed by atoms with E-state index in [2.05, 4.69) is 0 Å². The van der Waals surface area contributed by atoms with Gasteiger partial charge in [0, 0.05) is 30.3 Å². The molecule has 0 aliphatic heterocycles. The van der Waals surface area contributed by atoms with Gasteiger partial charge in [0.2, 0.25) is 0 Å². The average Bonchev–Trinajstić information content (AvgIpc) is 2.30. The maximum absolute atomic E-state index is 11.7. The van der Waals surface area contributed by atoms with Gasteiger partial charge in [-0.15, -0.1) is 0 Å². The van der Waals surface area contributed by atoms with Gasteiger partial charge in [0.05, 0.1) is 0 Å². The third kappa shape index (κ3) is 1.93. The molecule has 0 bridgehead atoms. The molecule has 0 aromatic carbocycles. The van der Waals surface area contributed by atoms with Crippen molar-refractivity contribution in [2.45, 2.75) is 20.4 Å². The zero-order valence-electron chi connectivity index (χ0n) is 9.92. The Labute approximate surface area is 99.4 Å². The van der Waals surface area contributed by atoms with Gasteiger partial charge >= 0.3 is 0 Å². The maximum Gasteiger partial charge on any atom is 0.274 e. The van der Waals surface area contributed by atoms with Crippen LogP contribution in [0.15, 0.2) is 41.5 Å². The molecule has 2 aromatic rings. The van der Waals surface area contributed by atoms with Crippen molar-refractivity contribution in [3.05, 3.63) is 52.6 Å². The quantitative estimate of drug-likeness (QED) is 0.788. The summed E-state index contributed by atoms with van der Waals surface area (Å²) < 4.78 is 3.15. The molecule has 0 fully saturated rings. The largest absolute Gasteiger partial charge is 0.490 e. The first-order valence-electron chi connectivity index (χ1n) is 5.55. The lowest BCUT2D eigenvalue weighted by Crippen LogP contribution is -2.33. The molecule has 2 aromatic heterocycles. The molecule has 4 nitrogen and oxygen atoms in total. The lowest BCUT2D eigenvalue weighted by atomic mass is 10.2. The Hall–Kier alpha value is -2.10. The van der Waals surface area contributed by atoms with Crippen LogP contribution in [0.25, 0.3) is 5.69 Å². The van der Waals surface area contributed by atoms with E-state index in [0.29, 0.717) is 12.2 Å². The molecule has 17 heavy (non-hydrogen) atoms. The van der Waals surface area contributed by atoms with Gasteiger partial charge in [-0.25, -0.2) is 0 Å². The van der Waals surface area contributed by atoms with Crippen molar-refractivity contribution < 1.29 is 9.67 Å². The fourth-order valence-electron chi connectivity index (χ4n) is 1.91. The van der Waals surface area contributed by atoms with Crippen LogP contribution in [0.3, 0.4) is 0 Å². The molecular formula is C13H15N2O2+. The number of nitrogens with zero attached hydrogens (tertiary/aromatic N) is 2. The number of pyridine rings is 2. The van der Waals surface area contributed by atoms with Gasteiger partial charge in [0.25, 0.3) is 17.1 Å². The number of aromatic nitrogens is 2. The van der Waals surface area contributed by atoms with E-state index in [1.54, 1.807) is 10.6 Å². The molecule has 88 valence electrons. The summed E-state index contributed by atoms with van der Waals surface area (Å²) in [6.07, 6.45) is 3.68. The number of hydrogen-bond donors (Lipinski definition) is 1. The molecule has 4 heteroatoms. The summed E-state index contributed by atoms with van der Waals surface area (Å²) in [5.41, 5.74) is 1.23. The van der Waals surface area contributed by atoms with Crippen LogP contribution in [0.2, 0.25) is 0 Å². The standard InChI is InChI=1S/C13H14N2O2/c1-3-15-11(16)9-10(2)12(13(15)17)14-7-5-4-6-8-14/h4-9H,3H2,1-2H3/p+1. The van der Waals surface area contributed by atoms with Gasteiger partial charge in [-0.2, -0.15) is 4.57 Å². The molecule has 0 unspecified atom stereocenters. The maximum atomic E-state index is 11.7. The Morgan fingerprint density at radius 3 is 2.53 bits per heavy atom. The zero-order chi connectivity index (χ0) is 12.4. The van der Waals surface area contributed by atoms with E-state index in [0.717, 1.165) is 5.56 Å². The molecule has 0 atom stereocenters. The summed E-state index contributed by atoms with van der Waals surface area (Å²) in [4.78, 5) is 11.7. The third-order valence-electron chi connectivity index (χ3n) is 2.74. The predicted molar refractivity (Wildman–Crippen MR) is 64.3 cm³/mol. The molecule has 0 radical (unpaired) electrons. The highest BCUT2D eigenvalue weighted by Gasteiger charge is 2.19. The summed E-state index contributed by atoms with van der Waals surface area (Å²) in [5, 5.41) is 10.1. The van der Waals surface area contributed by atoms with Gasteiger partial charge in [-0.1, -0.05) is 6.07 Å². The van der Waals surface area contributed by atoms with E-state index >= 15 is 0 Å². The second kappa shape index (κ2) is 4.41. The van der Waals surface area contributed by atoms with E-state index in [4.69, 9.17) is 0 Å².